The summed E-state index contributed by atoms with van der Waals surface area (Å²) >= 11 is 6.06. The highest BCUT2D eigenvalue weighted by atomic mass is 35.5. The number of aromatic nitrogens is 3. The molecule has 1 aromatic heterocycles. The van der Waals surface area contributed by atoms with Crippen molar-refractivity contribution < 1.29 is 9.18 Å². The topological polar surface area (TPSA) is 71.8 Å². The Hall–Kier alpha value is -1.99. The second-order valence-electron chi connectivity index (χ2n) is 6.28. The third-order valence-electron chi connectivity index (χ3n) is 4.58. The van der Waals surface area contributed by atoms with Gasteiger partial charge in [-0.25, -0.2) is 9.07 Å². The van der Waals surface area contributed by atoms with Gasteiger partial charge < -0.3 is 10.6 Å². The number of hydrogen-bond acceptors (Lipinski definition) is 4. The highest BCUT2D eigenvalue weighted by Crippen LogP contribution is 2.26. The van der Waals surface area contributed by atoms with Crippen LogP contribution in [0.2, 0.25) is 5.02 Å². The number of piperidine rings is 1. The van der Waals surface area contributed by atoms with E-state index in [1.807, 2.05) is 11.6 Å². The van der Waals surface area contributed by atoms with Crippen molar-refractivity contribution in [2.24, 2.45) is 0 Å². The van der Waals surface area contributed by atoms with Crippen LogP contribution in [0, 0.1) is 12.7 Å². The van der Waals surface area contributed by atoms with E-state index in [-0.39, 0.29) is 28.2 Å². The van der Waals surface area contributed by atoms with Gasteiger partial charge >= 0.3 is 0 Å². The molecule has 1 aromatic carbocycles. The van der Waals surface area contributed by atoms with Gasteiger partial charge in [-0.3, -0.25) is 4.79 Å². The zero-order valence-corrected chi connectivity index (χ0v) is 15.0. The molecule has 0 bridgehead atoms. The quantitative estimate of drug-likeness (QED) is 0.874. The van der Waals surface area contributed by atoms with Crippen LogP contribution in [0.15, 0.2) is 18.2 Å². The Labute approximate surface area is 150 Å². The number of rotatable bonds is 4. The fraction of sp³-hybridized carbons (Fsp3) is 0.471. The third-order valence-corrected chi connectivity index (χ3v) is 4.91. The van der Waals surface area contributed by atoms with Crippen LogP contribution in [0.5, 0.6) is 0 Å². The Morgan fingerprint density at radius 1 is 1.44 bits per heavy atom. The largest absolute Gasteiger partial charge is 0.344 e. The van der Waals surface area contributed by atoms with Crippen molar-refractivity contribution in [3.63, 3.8) is 0 Å². The van der Waals surface area contributed by atoms with Gasteiger partial charge in [-0.2, -0.15) is 0 Å². The summed E-state index contributed by atoms with van der Waals surface area (Å²) in [5.41, 5.74) is 1.25. The van der Waals surface area contributed by atoms with Crippen LogP contribution < -0.4 is 10.6 Å². The van der Waals surface area contributed by atoms with Crippen molar-refractivity contribution in [1.82, 2.24) is 25.6 Å². The molecule has 2 heterocycles. The number of carbonyl (C=O) groups excluding carboxylic acids is 1. The normalized spacial score (nSPS) is 16.6. The number of hydrogen-bond donors (Lipinski definition) is 2. The molecule has 2 N–H and O–H groups in total. The first kappa shape index (κ1) is 17.8. The molecule has 3 rings (SSSR count). The molecule has 8 heteroatoms. The number of carbonyl (C=O) groups is 1. The molecule has 1 amide bonds. The predicted octanol–water partition coefficient (Wildman–Crippen LogP) is 2.79. The van der Waals surface area contributed by atoms with Crippen LogP contribution in [-0.2, 0) is 0 Å². The van der Waals surface area contributed by atoms with E-state index >= 15 is 0 Å². The molecule has 25 heavy (non-hydrogen) atoms. The van der Waals surface area contributed by atoms with Gasteiger partial charge in [-0.1, -0.05) is 22.9 Å². The van der Waals surface area contributed by atoms with Gasteiger partial charge in [0.25, 0.3) is 5.91 Å². The summed E-state index contributed by atoms with van der Waals surface area (Å²) in [6.45, 7) is 5.37. The van der Waals surface area contributed by atoms with Crippen LogP contribution >= 0.6 is 11.6 Å². The first-order valence-electron chi connectivity index (χ1n) is 8.36. The molecule has 6 nitrogen and oxygen atoms in total. The van der Waals surface area contributed by atoms with Crippen LogP contribution in [0.3, 0.4) is 0 Å². The van der Waals surface area contributed by atoms with Crippen LogP contribution in [0.25, 0.3) is 0 Å². The van der Waals surface area contributed by atoms with E-state index in [9.17, 15) is 9.18 Å². The maximum absolute atomic E-state index is 14.0. The fourth-order valence-corrected chi connectivity index (χ4v) is 3.54. The Morgan fingerprint density at radius 3 is 2.84 bits per heavy atom. The van der Waals surface area contributed by atoms with E-state index in [1.165, 1.54) is 12.1 Å². The van der Waals surface area contributed by atoms with Gasteiger partial charge in [-0.15, -0.1) is 5.10 Å². The first-order valence-corrected chi connectivity index (χ1v) is 8.74. The van der Waals surface area contributed by atoms with Crippen molar-refractivity contribution in [2.45, 2.75) is 38.8 Å². The highest BCUT2D eigenvalue weighted by Gasteiger charge is 2.25. The smallest absolute Gasteiger partial charge is 0.274 e. The zero-order valence-electron chi connectivity index (χ0n) is 14.2. The van der Waals surface area contributed by atoms with Gasteiger partial charge in [0.15, 0.2) is 5.69 Å². The molecule has 1 aliphatic heterocycles. The Morgan fingerprint density at radius 2 is 2.16 bits per heavy atom. The van der Waals surface area contributed by atoms with E-state index in [4.69, 9.17) is 11.6 Å². The van der Waals surface area contributed by atoms with Crippen molar-refractivity contribution in [3.8, 4) is 0 Å². The van der Waals surface area contributed by atoms with E-state index < -0.39 is 11.9 Å². The third kappa shape index (κ3) is 3.67. The standard InChI is InChI=1S/C17H21ClFN5O/c1-10(15-13(18)4-3-5-14(15)19)21-17(25)16-11(2)24(23-22-16)12-6-8-20-9-7-12/h3-5,10,12,20H,6-9H2,1-2H3,(H,21,25). The molecule has 134 valence electrons. The Balaban J connectivity index is 1.76. The van der Waals surface area contributed by atoms with Gasteiger partial charge in [0, 0.05) is 10.6 Å². The van der Waals surface area contributed by atoms with E-state index in [0.717, 1.165) is 31.6 Å². The molecule has 0 aliphatic carbocycles. The summed E-state index contributed by atoms with van der Waals surface area (Å²) in [5.74, 6) is -0.833. The summed E-state index contributed by atoms with van der Waals surface area (Å²) in [7, 11) is 0. The van der Waals surface area contributed by atoms with Gasteiger partial charge in [0.05, 0.1) is 17.8 Å². The molecular weight excluding hydrogens is 345 g/mol. The Kier molecular flexibility index (Phi) is 5.34. The maximum Gasteiger partial charge on any atom is 0.274 e. The number of benzene rings is 1. The lowest BCUT2D eigenvalue weighted by Gasteiger charge is -2.23. The molecule has 1 atom stereocenters. The van der Waals surface area contributed by atoms with E-state index in [0.29, 0.717) is 0 Å². The van der Waals surface area contributed by atoms with Crippen molar-refractivity contribution in [3.05, 3.63) is 46.0 Å². The first-order chi connectivity index (χ1) is 12.0. The van der Waals surface area contributed by atoms with Crippen LogP contribution in [0.1, 0.15) is 53.6 Å². The van der Waals surface area contributed by atoms with E-state index in [1.54, 1.807) is 13.0 Å². The number of amides is 1. The number of halogens is 2. The molecule has 2 aromatic rings. The minimum Gasteiger partial charge on any atom is -0.344 e. The van der Waals surface area contributed by atoms with Gasteiger partial charge in [-0.05, 0) is 51.9 Å². The molecule has 1 fully saturated rings. The van der Waals surface area contributed by atoms with Crippen molar-refractivity contribution in [1.29, 1.82) is 0 Å². The van der Waals surface area contributed by atoms with Crippen molar-refractivity contribution in [2.75, 3.05) is 13.1 Å². The average Bonchev–Trinajstić information content (AvgIpc) is 2.97. The minimum atomic E-state index is -0.579. The molecule has 0 spiro atoms. The second-order valence-corrected chi connectivity index (χ2v) is 6.69. The van der Waals surface area contributed by atoms with Crippen LogP contribution in [0.4, 0.5) is 4.39 Å². The fourth-order valence-electron chi connectivity index (χ4n) is 3.21. The molecule has 0 radical (unpaired) electrons. The van der Waals surface area contributed by atoms with Crippen LogP contribution in [-0.4, -0.2) is 34.0 Å². The lowest BCUT2D eigenvalue weighted by molar-refractivity contribution is 0.0933. The molecular formula is C17H21ClFN5O. The lowest BCUT2D eigenvalue weighted by atomic mass is 10.1. The van der Waals surface area contributed by atoms with Gasteiger partial charge in [0.1, 0.15) is 5.82 Å². The summed E-state index contributed by atoms with van der Waals surface area (Å²) < 4.78 is 15.8. The highest BCUT2D eigenvalue weighted by molar-refractivity contribution is 6.31. The lowest BCUT2D eigenvalue weighted by Crippen LogP contribution is -2.31. The molecule has 1 saturated heterocycles. The summed E-state index contributed by atoms with van der Waals surface area (Å²) in [5, 5.41) is 14.5. The second kappa shape index (κ2) is 7.49. The zero-order chi connectivity index (χ0) is 18.0. The number of nitrogens with one attached hydrogen (secondary N) is 2. The van der Waals surface area contributed by atoms with Crippen molar-refractivity contribution >= 4 is 17.5 Å². The van der Waals surface area contributed by atoms with Gasteiger partial charge in [0.2, 0.25) is 0 Å². The SMILES string of the molecule is Cc1c(C(=O)NC(C)c2c(F)cccc2Cl)nnn1C1CCNCC1. The predicted molar refractivity (Wildman–Crippen MR) is 93.2 cm³/mol. The maximum atomic E-state index is 14.0. The van der Waals surface area contributed by atoms with E-state index in [2.05, 4.69) is 20.9 Å². The number of nitrogens with zero attached hydrogens (tertiary/aromatic N) is 3. The average molecular weight is 366 g/mol. The molecule has 1 unspecified atom stereocenters. The summed E-state index contributed by atoms with van der Waals surface area (Å²) in [6.07, 6.45) is 1.90. The monoisotopic (exact) mass is 365 g/mol. The molecule has 1 aliphatic rings. The molecule has 0 saturated carbocycles. The Bertz CT molecular complexity index is 752. The summed E-state index contributed by atoms with van der Waals surface area (Å²) in [6, 6.07) is 4.12. The minimum absolute atomic E-state index is 0.244. The summed E-state index contributed by atoms with van der Waals surface area (Å²) in [4.78, 5) is 12.6.